The van der Waals surface area contributed by atoms with E-state index < -0.39 is 5.97 Å². The molecular weight excluding hydrogens is 278 g/mol. The molecular formula is C18H17NO3. The Balaban J connectivity index is 2.34. The number of rotatable bonds is 5. The first-order chi connectivity index (χ1) is 10.5. The fourth-order valence-electron chi connectivity index (χ4n) is 2.00. The van der Waals surface area contributed by atoms with Crippen LogP contribution in [0, 0.1) is 6.92 Å². The summed E-state index contributed by atoms with van der Waals surface area (Å²) in [6.07, 6.45) is 1.89. The van der Waals surface area contributed by atoms with Crippen LogP contribution in [0.5, 0.6) is 0 Å². The van der Waals surface area contributed by atoms with Crippen molar-refractivity contribution in [2.75, 3.05) is 0 Å². The molecule has 0 bridgehead atoms. The Hall–Kier alpha value is -2.75. The second-order valence-corrected chi connectivity index (χ2v) is 4.97. The van der Waals surface area contributed by atoms with Crippen molar-refractivity contribution in [3.05, 3.63) is 70.6 Å². The van der Waals surface area contributed by atoms with E-state index in [0.717, 1.165) is 5.56 Å². The first kappa shape index (κ1) is 15.6. The number of carbonyl (C=O) groups is 2. The molecule has 112 valence electrons. The highest BCUT2D eigenvalue weighted by Gasteiger charge is 2.11. The minimum atomic E-state index is -0.973. The number of aryl methyl sites for hydroxylation is 1. The Morgan fingerprint density at radius 3 is 2.41 bits per heavy atom. The highest BCUT2D eigenvalue weighted by Crippen LogP contribution is 2.12. The summed E-state index contributed by atoms with van der Waals surface area (Å²) in [6.45, 7) is 3.72. The maximum Gasteiger partial charge on any atom is 0.331 e. The Morgan fingerprint density at radius 2 is 1.82 bits per heavy atom. The van der Waals surface area contributed by atoms with Gasteiger partial charge in [0, 0.05) is 11.1 Å². The molecule has 0 aliphatic rings. The van der Waals surface area contributed by atoms with Crippen LogP contribution < -0.4 is 0 Å². The molecule has 0 radical (unpaired) electrons. The molecule has 1 heterocycles. The van der Waals surface area contributed by atoms with Crippen molar-refractivity contribution in [2.45, 2.75) is 20.3 Å². The molecule has 4 nitrogen and oxygen atoms in total. The minimum Gasteiger partial charge on any atom is -0.478 e. The smallest absolute Gasteiger partial charge is 0.331 e. The summed E-state index contributed by atoms with van der Waals surface area (Å²) in [5, 5.41) is 9.05. The monoisotopic (exact) mass is 295 g/mol. The van der Waals surface area contributed by atoms with Crippen molar-refractivity contribution in [1.29, 1.82) is 0 Å². The Bertz CT molecular complexity index is 730. The third kappa shape index (κ3) is 3.67. The largest absolute Gasteiger partial charge is 0.478 e. The van der Waals surface area contributed by atoms with Crippen LogP contribution in [-0.4, -0.2) is 21.8 Å². The van der Waals surface area contributed by atoms with Gasteiger partial charge in [-0.25, -0.2) is 9.78 Å². The SMILES string of the molecule is CCC(=Cc1cccc(C(=O)c2ccc(C)cc2)n1)C(=O)O. The summed E-state index contributed by atoms with van der Waals surface area (Å²) in [5.74, 6) is -1.15. The number of aliphatic carboxylic acids is 1. The van der Waals surface area contributed by atoms with Crippen molar-refractivity contribution in [1.82, 2.24) is 4.98 Å². The van der Waals surface area contributed by atoms with Crippen LogP contribution in [0.15, 0.2) is 48.0 Å². The number of benzene rings is 1. The summed E-state index contributed by atoms with van der Waals surface area (Å²) in [6, 6.07) is 12.3. The molecule has 0 atom stereocenters. The first-order valence-electron chi connectivity index (χ1n) is 7.03. The van der Waals surface area contributed by atoms with Gasteiger partial charge in [-0.15, -0.1) is 0 Å². The van der Waals surface area contributed by atoms with E-state index in [9.17, 15) is 9.59 Å². The van der Waals surface area contributed by atoms with Gasteiger partial charge >= 0.3 is 5.97 Å². The van der Waals surface area contributed by atoms with E-state index in [4.69, 9.17) is 5.11 Å². The summed E-state index contributed by atoms with van der Waals surface area (Å²) < 4.78 is 0. The van der Waals surface area contributed by atoms with Gasteiger partial charge in [-0.3, -0.25) is 4.79 Å². The molecule has 2 rings (SSSR count). The molecule has 0 amide bonds. The maximum absolute atomic E-state index is 12.4. The summed E-state index contributed by atoms with van der Waals surface area (Å²) in [4.78, 5) is 27.7. The number of nitrogens with zero attached hydrogens (tertiary/aromatic N) is 1. The van der Waals surface area contributed by atoms with Crippen LogP contribution in [-0.2, 0) is 4.79 Å². The lowest BCUT2D eigenvalue weighted by Gasteiger charge is -2.03. The molecule has 0 aliphatic carbocycles. The highest BCUT2D eigenvalue weighted by atomic mass is 16.4. The van der Waals surface area contributed by atoms with Crippen molar-refractivity contribution < 1.29 is 14.7 Å². The number of aromatic nitrogens is 1. The number of hydrogen-bond donors (Lipinski definition) is 1. The Morgan fingerprint density at radius 1 is 1.14 bits per heavy atom. The Kier molecular flexibility index (Phi) is 4.84. The van der Waals surface area contributed by atoms with E-state index >= 15 is 0 Å². The summed E-state index contributed by atoms with van der Waals surface area (Å²) >= 11 is 0. The fraction of sp³-hybridized carbons (Fsp3) is 0.167. The molecule has 1 aromatic carbocycles. The van der Waals surface area contributed by atoms with E-state index in [1.165, 1.54) is 6.08 Å². The van der Waals surface area contributed by atoms with Gasteiger partial charge < -0.3 is 5.11 Å². The molecule has 4 heteroatoms. The van der Waals surface area contributed by atoms with Gasteiger partial charge in [0.05, 0.1) is 5.69 Å². The number of hydrogen-bond acceptors (Lipinski definition) is 3. The number of carboxylic acid groups (broad SMARTS) is 1. The van der Waals surface area contributed by atoms with Crippen LogP contribution in [0.4, 0.5) is 0 Å². The molecule has 0 saturated heterocycles. The van der Waals surface area contributed by atoms with Crippen molar-refractivity contribution in [2.24, 2.45) is 0 Å². The van der Waals surface area contributed by atoms with Crippen LogP contribution in [0.25, 0.3) is 6.08 Å². The van der Waals surface area contributed by atoms with Crippen LogP contribution in [0.2, 0.25) is 0 Å². The van der Waals surface area contributed by atoms with Gasteiger partial charge in [0.1, 0.15) is 5.69 Å². The molecule has 0 fully saturated rings. The second kappa shape index (κ2) is 6.80. The van der Waals surface area contributed by atoms with E-state index in [0.29, 0.717) is 23.4 Å². The molecule has 0 aliphatic heterocycles. The molecule has 22 heavy (non-hydrogen) atoms. The third-order valence-electron chi connectivity index (χ3n) is 3.29. The topological polar surface area (TPSA) is 67.3 Å². The average molecular weight is 295 g/mol. The van der Waals surface area contributed by atoms with Gasteiger partial charge in [-0.05, 0) is 31.6 Å². The lowest BCUT2D eigenvalue weighted by Crippen LogP contribution is -2.05. The molecule has 2 aromatic rings. The summed E-state index contributed by atoms with van der Waals surface area (Å²) in [5.41, 5.74) is 2.67. The number of carbonyl (C=O) groups excluding carboxylic acids is 1. The minimum absolute atomic E-state index is 0.177. The van der Waals surface area contributed by atoms with E-state index in [1.54, 1.807) is 37.3 Å². The van der Waals surface area contributed by atoms with Crippen molar-refractivity contribution in [3.63, 3.8) is 0 Å². The highest BCUT2D eigenvalue weighted by molar-refractivity contribution is 6.07. The first-order valence-corrected chi connectivity index (χ1v) is 7.03. The third-order valence-corrected chi connectivity index (χ3v) is 3.29. The van der Waals surface area contributed by atoms with Gasteiger partial charge in [-0.1, -0.05) is 42.8 Å². The van der Waals surface area contributed by atoms with E-state index in [2.05, 4.69) is 4.98 Å². The normalized spacial score (nSPS) is 11.3. The maximum atomic E-state index is 12.4. The fourth-order valence-corrected chi connectivity index (χ4v) is 2.00. The van der Waals surface area contributed by atoms with Gasteiger partial charge in [0.2, 0.25) is 5.78 Å². The van der Waals surface area contributed by atoms with E-state index in [1.807, 2.05) is 19.1 Å². The number of ketones is 1. The van der Waals surface area contributed by atoms with Crippen LogP contribution >= 0.6 is 0 Å². The predicted molar refractivity (Wildman–Crippen MR) is 84.8 cm³/mol. The lowest BCUT2D eigenvalue weighted by molar-refractivity contribution is -0.132. The zero-order chi connectivity index (χ0) is 16.1. The molecule has 1 N–H and O–H groups in total. The number of carboxylic acids is 1. The van der Waals surface area contributed by atoms with Gasteiger partial charge in [0.15, 0.2) is 0 Å². The molecule has 0 unspecified atom stereocenters. The molecule has 0 spiro atoms. The van der Waals surface area contributed by atoms with E-state index in [-0.39, 0.29) is 11.4 Å². The lowest BCUT2D eigenvalue weighted by atomic mass is 10.1. The molecule has 0 saturated carbocycles. The van der Waals surface area contributed by atoms with Crippen molar-refractivity contribution in [3.8, 4) is 0 Å². The zero-order valence-electron chi connectivity index (χ0n) is 12.5. The standard InChI is InChI=1S/C18H17NO3/c1-3-13(18(21)22)11-15-5-4-6-16(19-15)17(20)14-9-7-12(2)8-10-14/h4-11H,3H2,1-2H3,(H,21,22). The summed E-state index contributed by atoms with van der Waals surface area (Å²) in [7, 11) is 0. The predicted octanol–water partition coefficient (Wildman–Crippen LogP) is 3.50. The second-order valence-electron chi connectivity index (χ2n) is 4.97. The van der Waals surface area contributed by atoms with Crippen molar-refractivity contribution >= 4 is 17.8 Å². The average Bonchev–Trinajstić information content (AvgIpc) is 2.52. The number of pyridine rings is 1. The quantitative estimate of drug-likeness (QED) is 0.677. The Labute approximate surface area is 129 Å². The van der Waals surface area contributed by atoms with Gasteiger partial charge in [-0.2, -0.15) is 0 Å². The zero-order valence-corrected chi connectivity index (χ0v) is 12.5. The van der Waals surface area contributed by atoms with Crippen LogP contribution in [0.3, 0.4) is 0 Å². The van der Waals surface area contributed by atoms with Crippen LogP contribution in [0.1, 0.15) is 40.7 Å². The molecule has 1 aromatic heterocycles. The van der Waals surface area contributed by atoms with Gasteiger partial charge in [0.25, 0.3) is 0 Å².